The zero-order valence-corrected chi connectivity index (χ0v) is 21.1. The van der Waals surface area contributed by atoms with Gasteiger partial charge in [0.2, 0.25) is 0 Å². The van der Waals surface area contributed by atoms with E-state index in [0.29, 0.717) is 15.6 Å². The van der Waals surface area contributed by atoms with Crippen molar-refractivity contribution in [2.24, 2.45) is 52.3 Å². The van der Waals surface area contributed by atoms with Crippen molar-refractivity contribution < 1.29 is 0 Å². The second kappa shape index (κ2) is 7.18. The largest absolute Gasteiger partial charge is 0.151 e. The first-order chi connectivity index (χ1) is 13.7. The van der Waals surface area contributed by atoms with Gasteiger partial charge in [-0.25, -0.2) is 0 Å². The Morgan fingerprint density at radius 1 is 0.828 bits per heavy atom. The van der Waals surface area contributed by atoms with Crippen LogP contribution in [0.5, 0.6) is 0 Å². The van der Waals surface area contributed by atoms with Crippen LogP contribution in [0.1, 0.15) is 112 Å². The van der Waals surface area contributed by atoms with Crippen molar-refractivity contribution in [3.8, 4) is 0 Å². The molecule has 2 bridgehead atoms. The third kappa shape index (κ3) is 2.83. The second-order valence-corrected chi connectivity index (χ2v) is 14.8. The van der Waals surface area contributed by atoms with E-state index in [1.165, 1.54) is 19.3 Å². The lowest BCUT2D eigenvalue weighted by Crippen LogP contribution is -2.63. The molecule has 0 amide bonds. The highest BCUT2D eigenvalue weighted by atomic mass is 32.2. The Bertz CT molecular complexity index is 626. The van der Waals surface area contributed by atoms with E-state index in [-0.39, 0.29) is 0 Å². The Hall–Kier alpha value is 0.350. The molecule has 0 nitrogen and oxygen atoms in total. The van der Waals surface area contributed by atoms with Crippen LogP contribution in [-0.2, 0) is 0 Å². The minimum absolute atomic E-state index is 0.625. The molecule has 5 aliphatic rings. The van der Waals surface area contributed by atoms with Gasteiger partial charge in [0.1, 0.15) is 0 Å². The summed E-state index contributed by atoms with van der Waals surface area (Å²) in [4.78, 5) is 0. The lowest BCUT2D eigenvalue weighted by Gasteiger charge is -2.67. The molecule has 1 saturated heterocycles. The van der Waals surface area contributed by atoms with Crippen LogP contribution in [0, 0.1) is 52.3 Å². The summed E-state index contributed by atoms with van der Waals surface area (Å²) >= 11 is 2.58. The Morgan fingerprint density at radius 2 is 1.59 bits per heavy atom. The topological polar surface area (TPSA) is 0 Å². The van der Waals surface area contributed by atoms with E-state index in [1.807, 2.05) is 0 Å². The van der Waals surface area contributed by atoms with E-state index in [2.05, 4.69) is 53.3 Å². The summed E-state index contributed by atoms with van der Waals surface area (Å²) < 4.78 is 0.625. The zero-order chi connectivity index (χ0) is 20.6. The molecular weight excluding hydrogens is 368 g/mol. The number of fused-ring (bicyclic) bond motifs is 3. The third-order valence-corrected chi connectivity index (χ3v) is 14.4. The maximum absolute atomic E-state index is 2.78. The second-order valence-electron chi connectivity index (χ2n) is 13.2. The third-order valence-electron chi connectivity index (χ3n) is 12.1. The minimum atomic E-state index is 0.625. The number of thioether (sulfide) groups is 1. The molecule has 166 valence electrons. The smallest absolute Gasteiger partial charge is 0.0250 e. The van der Waals surface area contributed by atoms with E-state index in [9.17, 15) is 0 Å². The normalized spacial score (nSPS) is 55.1. The van der Waals surface area contributed by atoms with Gasteiger partial charge in [0.05, 0.1) is 0 Å². The van der Waals surface area contributed by atoms with Gasteiger partial charge in [0.15, 0.2) is 0 Å². The van der Waals surface area contributed by atoms with Crippen molar-refractivity contribution in [2.45, 2.75) is 122 Å². The molecule has 1 unspecified atom stereocenters. The highest BCUT2D eigenvalue weighted by Gasteiger charge is 2.70. The maximum atomic E-state index is 2.78. The Balaban J connectivity index is 1.48. The molecule has 1 aliphatic heterocycles. The molecule has 4 saturated carbocycles. The fourth-order valence-electron chi connectivity index (χ4n) is 9.93. The van der Waals surface area contributed by atoms with Crippen LogP contribution in [-0.4, -0.2) is 10.00 Å². The van der Waals surface area contributed by atoms with Gasteiger partial charge in [-0.3, -0.25) is 0 Å². The number of hydrogen-bond acceptors (Lipinski definition) is 1. The van der Waals surface area contributed by atoms with Crippen molar-refractivity contribution in [3.63, 3.8) is 0 Å². The highest BCUT2D eigenvalue weighted by Crippen LogP contribution is 2.77. The van der Waals surface area contributed by atoms with Gasteiger partial charge >= 0.3 is 0 Å². The van der Waals surface area contributed by atoms with E-state index >= 15 is 0 Å². The number of rotatable bonds is 3. The summed E-state index contributed by atoms with van der Waals surface area (Å²) in [6.45, 7) is 15.6. The Morgan fingerprint density at radius 3 is 2.34 bits per heavy atom. The Kier molecular flexibility index (Phi) is 5.25. The lowest BCUT2D eigenvalue weighted by molar-refractivity contribution is -0.105. The van der Waals surface area contributed by atoms with E-state index in [1.54, 1.807) is 51.4 Å². The van der Waals surface area contributed by atoms with Crippen LogP contribution in [0.4, 0.5) is 0 Å². The molecule has 1 heteroatoms. The van der Waals surface area contributed by atoms with Crippen molar-refractivity contribution in [3.05, 3.63) is 0 Å². The molecule has 0 spiro atoms. The molecule has 0 N–H and O–H groups in total. The summed E-state index contributed by atoms with van der Waals surface area (Å²) in [6, 6.07) is 0. The summed E-state index contributed by atoms with van der Waals surface area (Å²) in [5.74, 6) is 6.77. The Labute approximate surface area is 186 Å². The average Bonchev–Trinajstić information content (AvgIpc) is 2.90. The summed E-state index contributed by atoms with van der Waals surface area (Å²) in [5.41, 5.74) is 1.31. The fraction of sp³-hybridized carbons (Fsp3) is 1.00. The molecule has 4 aliphatic carbocycles. The van der Waals surface area contributed by atoms with Gasteiger partial charge in [0, 0.05) is 10.00 Å². The minimum Gasteiger partial charge on any atom is -0.151 e. The summed E-state index contributed by atoms with van der Waals surface area (Å²) in [6.07, 6.45) is 16.9. The van der Waals surface area contributed by atoms with E-state index in [4.69, 9.17) is 0 Å². The zero-order valence-electron chi connectivity index (χ0n) is 20.3. The molecule has 0 radical (unpaired) electrons. The summed E-state index contributed by atoms with van der Waals surface area (Å²) in [5, 5.41) is 0.920. The van der Waals surface area contributed by atoms with Gasteiger partial charge in [-0.2, -0.15) is 11.8 Å². The van der Waals surface area contributed by atoms with Crippen molar-refractivity contribution in [1.82, 2.24) is 0 Å². The first-order valence-electron chi connectivity index (χ1n) is 13.4. The molecule has 0 aromatic carbocycles. The van der Waals surface area contributed by atoms with Crippen molar-refractivity contribution in [2.75, 3.05) is 0 Å². The fourth-order valence-corrected chi connectivity index (χ4v) is 12.5. The predicted molar refractivity (Wildman–Crippen MR) is 128 cm³/mol. The van der Waals surface area contributed by atoms with Gasteiger partial charge < -0.3 is 0 Å². The van der Waals surface area contributed by atoms with Crippen LogP contribution in [0.15, 0.2) is 0 Å². The quantitative estimate of drug-likeness (QED) is 0.444. The molecule has 5 fully saturated rings. The van der Waals surface area contributed by atoms with Crippen LogP contribution in [0.25, 0.3) is 0 Å². The highest BCUT2D eigenvalue weighted by molar-refractivity contribution is 8.01. The lowest BCUT2D eigenvalue weighted by atomic mass is 9.44. The van der Waals surface area contributed by atoms with Gasteiger partial charge in [0.25, 0.3) is 0 Å². The molecule has 5 rings (SSSR count). The van der Waals surface area contributed by atoms with Crippen LogP contribution in [0.3, 0.4) is 0 Å². The molecule has 10 atom stereocenters. The molecule has 1 heterocycles. The maximum Gasteiger partial charge on any atom is 0.0250 e. The summed E-state index contributed by atoms with van der Waals surface area (Å²) in [7, 11) is 0. The van der Waals surface area contributed by atoms with Crippen molar-refractivity contribution in [1.29, 1.82) is 0 Å². The van der Waals surface area contributed by atoms with Crippen LogP contribution >= 0.6 is 11.8 Å². The first kappa shape index (κ1) is 21.2. The monoisotopic (exact) mass is 416 g/mol. The standard InChI is InChI=1S/C28H48S/c1-18(2)19(3)17-25-20(4)22-13-16-28(29-25)24-11-10-21-9-7-8-14-26(21,5)23(24)12-15-27(22,28)6/h18-25H,7-17H2,1-6H3/t19?,20-,21+,22+,23-,24+,25+,26-,27+,28-/m0/s1. The van der Waals surface area contributed by atoms with Crippen LogP contribution < -0.4 is 0 Å². The van der Waals surface area contributed by atoms with Gasteiger partial charge in [-0.05, 0) is 110 Å². The molecule has 29 heavy (non-hydrogen) atoms. The SMILES string of the molecule is CC(C)C(C)C[C@H]1S[C@]23CC[C@H]([C@@H]1C)[C@@]2(C)CC[C@H]1[C@H]3CC[C@H]2CCCC[C@@]21C. The van der Waals surface area contributed by atoms with Crippen molar-refractivity contribution >= 4 is 11.8 Å². The molecule has 0 aromatic rings. The molecule has 0 aromatic heterocycles. The van der Waals surface area contributed by atoms with E-state index in [0.717, 1.165) is 46.7 Å². The predicted octanol–water partition coefficient (Wildman–Crippen LogP) is 8.59. The van der Waals surface area contributed by atoms with Crippen LogP contribution in [0.2, 0.25) is 0 Å². The first-order valence-corrected chi connectivity index (χ1v) is 14.3. The van der Waals surface area contributed by atoms with Gasteiger partial charge in [-0.1, -0.05) is 54.4 Å². The molecular formula is C28H48S. The van der Waals surface area contributed by atoms with E-state index < -0.39 is 0 Å². The number of hydrogen-bond donors (Lipinski definition) is 0. The average molecular weight is 417 g/mol. The van der Waals surface area contributed by atoms with Gasteiger partial charge in [-0.15, -0.1) is 0 Å².